The Bertz CT molecular complexity index is 679. The second-order valence-corrected chi connectivity index (χ2v) is 8.74. The third-order valence-electron chi connectivity index (χ3n) is 3.39. The lowest BCUT2D eigenvalue weighted by molar-refractivity contribution is 0.213. The Labute approximate surface area is 119 Å². The largest absolute Gasteiger partial charge is 0.395 e. The summed E-state index contributed by atoms with van der Waals surface area (Å²) in [5.74, 6) is 0. The van der Waals surface area contributed by atoms with Crippen LogP contribution in [0.1, 0.15) is 12.8 Å². The molecule has 0 saturated carbocycles. The zero-order valence-corrected chi connectivity index (χ0v) is 12.7. The van der Waals surface area contributed by atoms with Crippen molar-refractivity contribution in [1.29, 1.82) is 0 Å². The number of benzene rings is 1. The van der Waals surface area contributed by atoms with Gasteiger partial charge in [0.15, 0.2) is 9.84 Å². The highest BCUT2D eigenvalue weighted by atomic mass is 32.2. The van der Waals surface area contributed by atoms with Crippen LogP contribution < -0.4 is 0 Å². The van der Waals surface area contributed by atoms with Crippen LogP contribution in [0.5, 0.6) is 0 Å². The molecule has 1 aliphatic rings. The molecule has 112 valence electrons. The standard InChI is InChI=1S/C12H17NO5S2/c1-19(15,16)11-4-6-12(7-5-11)20(17,18)13-8-2-3-10(13)9-14/h4-7,10,14H,2-3,8-9H2,1H3/t10-/m0/s1. The monoisotopic (exact) mass is 319 g/mol. The van der Waals surface area contributed by atoms with Crippen molar-refractivity contribution in [3.05, 3.63) is 24.3 Å². The normalized spacial score (nSPS) is 21.2. The number of nitrogens with zero attached hydrogens (tertiary/aromatic N) is 1. The average Bonchev–Trinajstić information content (AvgIpc) is 2.87. The van der Waals surface area contributed by atoms with Crippen LogP contribution in [-0.2, 0) is 19.9 Å². The predicted octanol–water partition coefficient (Wildman–Crippen LogP) is 0.235. The molecule has 0 radical (unpaired) electrons. The van der Waals surface area contributed by atoms with E-state index < -0.39 is 25.9 Å². The first kappa shape index (κ1) is 15.4. The van der Waals surface area contributed by atoms with E-state index in [1.165, 1.54) is 28.6 Å². The summed E-state index contributed by atoms with van der Waals surface area (Å²) in [5, 5.41) is 9.21. The summed E-state index contributed by atoms with van der Waals surface area (Å²) in [7, 11) is -7.03. The molecule has 1 aliphatic heterocycles. The third-order valence-corrected chi connectivity index (χ3v) is 6.49. The van der Waals surface area contributed by atoms with E-state index in [0.717, 1.165) is 6.26 Å². The van der Waals surface area contributed by atoms with Gasteiger partial charge >= 0.3 is 0 Å². The Morgan fingerprint density at radius 1 is 1.15 bits per heavy atom. The predicted molar refractivity (Wildman–Crippen MR) is 73.6 cm³/mol. The van der Waals surface area contributed by atoms with Gasteiger partial charge in [-0.25, -0.2) is 16.8 Å². The van der Waals surface area contributed by atoms with Crippen LogP contribution in [-0.4, -0.2) is 51.7 Å². The van der Waals surface area contributed by atoms with Gasteiger partial charge in [-0.05, 0) is 37.1 Å². The SMILES string of the molecule is CS(=O)(=O)c1ccc(S(=O)(=O)N2CCC[C@H]2CO)cc1. The molecule has 1 aromatic carbocycles. The first-order chi connectivity index (χ1) is 9.26. The van der Waals surface area contributed by atoms with E-state index in [-0.39, 0.29) is 16.4 Å². The van der Waals surface area contributed by atoms with E-state index in [1.54, 1.807) is 0 Å². The summed E-state index contributed by atoms with van der Waals surface area (Å²) in [6.45, 7) is 0.169. The number of sulfonamides is 1. The van der Waals surface area contributed by atoms with Crippen molar-refractivity contribution in [1.82, 2.24) is 4.31 Å². The van der Waals surface area contributed by atoms with Crippen LogP contribution in [0.2, 0.25) is 0 Å². The summed E-state index contributed by atoms with van der Waals surface area (Å²) < 4.78 is 48.9. The lowest BCUT2D eigenvalue weighted by Crippen LogP contribution is -2.37. The van der Waals surface area contributed by atoms with Gasteiger partial charge in [0.1, 0.15) is 0 Å². The van der Waals surface area contributed by atoms with Gasteiger partial charge in [0.05, 0.1) is 16.4 Å². The molecule has 8 heteroatoms. The maximum Gasteiger partial charge on any atom is 0.243 e. The molecule has 1 aromatic rings. The number of hydrogen-bond acceptors (Lipinski definition) is 5. The molecule has 1 heterocycles. The van der Waals surface area contributed by atoms with Crippen molar-refractivity contribution in [3.8, 4) is 0 Å². The summed E-state index contributed by atoms with van der Waals surface area (Å²) in [4.78, 5) is 0.127. The summed E-state index contributed by atoms with van der Waals surface area (Å²) in [5.41, 5.74) is 0. The van der Waals surface area contributed by atoms with Crippen LogP contribution in [0.3, 0.4) is 0 Å². The van der Waals surface area contributed by atoms with Crippen molar-refractivity contribution in [2.45, 2.75) is 28.7 Å². The molecule has 0 aromatic heterocycles. The fourth-order valence-corrected chi connectivity index (χ4v) is 4.62. The molecular formula is C12H17NO5S2. The second kappa shape index (κ2) is 5.44. The second-order valence-electron chi connectivity index (χ2n) is 4.84. The highest BCUT2D eigenvalue weighted by Crippen LogP contribution is 2.26. The molecule has 0 aliphatic carbocycles. The van der Waals surface area contributed by atoms with E-state index in [2.05, 4.69) is 0 Å². The molecular weight excluding hydrogens is 302 g/mol. The van der Waals surface area contributed by atoms with Gasteiger partial charge in [0.2, 0.25) is 10.0 Å². The Hall–Kier alpha value is -0.960. The number of sulfone groups is 1. The third kappa shape index (κ3) is 2.88. The minimum Gasteiger partial charge on any atom is -0.395 e. The number of hydrogen-bond donors (Lipinski definition) is 1. The zero-order valence-electron chi connectivity index (χ0n) is 11.1. The first-order valence-electron chi connectivity index (χ1n) is 6.19. The van der Waals surface area contributed by atoms with Gasteiger partial charge in [0, 0.05) is 18.8 Å². The molecule has 20 heavy (non-hydrogen) atoms. The van der Waals surface area contributed by atoms with Gasteiger partial charge in [0.25, 0.3) is 0 Å². The molecule has 1 saturated heterocycles. The minimum atomic E-state index is -3.68. The smallest absolute Gasteiger partial charge is 0.243 e. The maximum atomic E-state index is 12.4. The Balaban J connectivity index is 2.35. The van der Waals surface area contributed by atoms with Crippen molar-refractivity contribution < 1.29 is 21.9 Å². The maximum absolute atomic E-state index is 12.4. The Kier molecular flexibility index (Phi) is 4.19. The van der Waals surface area contributed by atoms with Gasteiger partial charge in [-0.2, -0.15) is 4.31 Å². The summed E-state index contributed by atoms with van der Waals surface area (Å²) in [6.07, 6.45) is 2.42. The molecule has 0 bridgehead atoms. The molecule has 0 spiro atoms. The Morgan fingerprint density at radius 2 is 1.70 bits per heavy atom. The zero-order chi connectivity index (χ0) is 15.0. The quantitative estimate of drug-likeness (QED) is 0.858. The van der Waals surface area contributed by atoms with Crippen LogP contribution in [0.15, 0.2) is 34.1 Å². The van der Waals surface area contributed by atoms with E-state index in [9.17, 15) is 21.9 Å². The molecule has 0 amide bonds. The molecule has 6 nitrogen and oxygen atoms in total. The fraction of sp³-hybridized carbons (Fsp3) is 0.500. The molecule has 1 N–H and O–H groups in total. The topological polar surface area (TPSA) is 91.8 Å². The van der Waals surface area contributed by atoms with Crippen LogP contribution in [0, 0.1) is 0 Å². The van der Waals surface area contributed by atoms with Crippen molar-refractivity contribution >= 4 is 19.9 Å². The number of rotatable bonds is 4. The molecule has 1 atom stereocenters. The molecule has 2 rings (SSSR count). The fourth-order valence-electron chi connectivity index (χ4n) is 2.30. The van der Waals surface area contributed by atoms with E-state index in [1.807, 2.05) is 0 Å². The van der Waals surface area contributed by atoms with Crippen molar-refractivity contribution in [3.63, 3.8) is 0 Å². The number of aliphatic hydroxyl groups excluding tert-OH is 1. The van der Waals surface area contributed by atoms with Crippen molar-refractivity contribution in [2.24, 2.45) is 0 Å². The van der Waals surface area contributed by atoms with E-state index in [4.69, 9.17) is 0 Å². The Morgan fingerprint density at radius 3 is 2.20 bits per heavy atom. The van der Waals surface area contributed by atoms with Crippen LogP contribution in [0.25, 0.3) is 0 Å². The van der Waals surface area contributed by atoms with Gasteiger partial charge in [-0.15, -0.1) is 0 Å². The lowest BCUT2D eigenvalue weighted by atomic mass is 10.2. The van der Waals surface area contributed by atoms with Crippen LogP contribution >= 0.6 is 0 Å². The van der Waals surface area contributed by atoms with Crippen LogP contribution in [0.4, 0.5) is 0 Å². The molecule has 0 unspecified atom stereocenters. The lowest BCUT2D eigenvalue weighted by Gasteiger charge is -2.22. The van der Waals surface area contributed by atoms with Gasteiger partial charge < -0.3 is 5.11 Å². The van der Waals surface area contributed by atoms with Gasteiger partial charge in [-0.3, -0.25) is 0 Å². The molecule has 1 fully saturated rings. The average molecular weight is 319 g/mol. The summed E-state index contributed by atoms with van der Waals surface area (Å²) in [6, 6.07) is 4.75. The minimum absolute atomic E-state index is 0.0465. The highest BCUT2D eigenvalue weighted by Gasteiger charge is 2.34. The summed E-state index contributed by atoms with van der Waals surface area (Å²) >= 11 is 0. The van der Waals surface area contributed by atoms with E-state index >= 15 is 0 Å². The van der Waals surface area contributed by atoms with Crippen molar-refractivity contribution in [2.75, 3.05) is 19.4 Å². The van der Waals surface area contributed by atoms with Gasteiger partial charge in [-0.1, -0.05) is 0 Å². The number of aliphatic hydroxyl groups is 1. The first-order valence-corrected chi connectivity index (χ1v) is 9.53. The van der Waals surface area contributed by atoms with E-state index in [0.29, 0.717) is 19.4 Å². The highest BCUT2D eigenvalue weighted by molar-refractivity contribution is 7.90.